The third-order valence-electron chi connectivity index (χ3n) is 3.30. The van der Waals surface area contributed by atoms with Gasteiger partial charge in [-0.3, -0.25) is 4.98 Å². The number of hydrogen-bond donors (Lipinski definition) is 1. The fourth-order valence-corrected chi connectivity index (χ4v) is 2.26. The monoisotopic (exact) mass is 276 g/mol. The lowest BCUT2D eigenvalue weighted by molar-refractivity contribution is 0.625. The zero-order chi connectivity index (χ0) is 13.2. The van der Waals surface area contributed by atoms with Crippen LogP contribution in [0.5, 0.6) is 0 Å². The molecule has 0 atom stereocenters. The quantitative estimate of drug-likeness (QED) is 0.919. The van der Waals surface area contributed by atoms with E-state index in [4.69, 9.17) is 11.6 Å². The number of hydrogen-bond acceptors (Lipinski definition) is 2. The predicted octanol–water partition coefficient (Wildman–Crippen LogP) is 3.79. The lowest BCUT2D eigenvalue weighted by Gasteiger charge is -2.08. The summed E-state index contributed by atoms with van der Waals surface area (Å²) in [4.78, 5) is 3.75. The Hall–Kier alpha value is -1.45. The highest BCUT2D eigenvalue weighted by Gasteiger charge is 2.20. The summed E-state index contributed by atoms with van der Waals surface area (Å²) in [5.41, 5.74) is 2.35. The summed E-state index contributed by atoms with van der Waals surface area (Å²) in [7, 11) is 0. The molecule has 0 spiro atoms. The SMILES string of the molecule is Fc1cnccc1-c1ccc(CNC2CC2)c(Cl)c1. The van der Waals surface area contributed by atoms with Gasteiger partial charge in [0.2, 0.25) is 0 Å². The maximum Gasteiger partial charge on any atom is 0.149 e. The number of pyridine rings is 1. The highest BCUT2D eigenvalue weighted by Crippen LogP contribution is 2.28. The molecule has 0 aliphatic heterocycles. The molecule has 98 valence electrons. The smallest absolute Gasteiger partial charge is 0.149 e. The first-order chi connectivity index (χ1) is 9.24. The van der Waals surface area contributed by atoms with Crippen molar-refractivity contribution >= 4 is 11.6 Å². The van der Waals surface area contributed by atoms with Gasteiger partial charge < -0.3 is 5.32 Å². The molecule has 0 amide bonds. The van der Waals surface area contributed by atoms with E-state index in [0.29, 0.717) is 16.6 Å². The molecule has 2 aromatic rings. The van der Waals surface area contributed by atoms with Crippen molar-refractivity contribution in [2.24, 2.45) is 0 Å². The van der Waals surface area contributed by atoms with Crippen LogP contribution in [0.15, 0.2) is 36.7 Å². The normalized spacial score (nSPS) is 14.6. The summed E-state index contributed by atoms with van der Waals surface area (Å²) in [6.45, 7) is 0.766. The summed E-state index contributed by atoms with van der Waals surface area (Å²) >= 11 is 6.26. The van der Waals surface area contributed by atoms with Gasteiger partial charge in [-0.25, -0.2) is 4.39 Å². The fourth-order valence-electron chi connectivity index (χ4n) is 2.01. The standard InChI is InChI=1S/C15H14ClFN2/c16-14-7-10(13-5-6-18-9-15(13)17)1-2-11(14)8-19-12-3-4-12/h1-2,5-7,9,12,19H,3-4,8H2. The Morgan fingerprint density at radius 2 is 2.16 bits per heavy atom. The highest BCUT2D eigenvalue weighted by molar-refractivity contribution is 6.31. The summed E-state index contributed by atoms with van der Waals surface area (Å²) in [6, 6.07) is 7.96. The van der Waals surface area contributed by atoms with Gasteiger partial charge in [0.15, 0.2) is 0 Å². The molecule has 0 saturated heterocycles. The van der Waals surface area contributed by atoms with Crippen LogP contribution in [-0.4, -0.2) is 11.0 Å². The molecule has 1 N–H and O–H groups in total. The molecule has 1 heterocycles. The van der Waals surface area contributed by atoms with E-state index in [9.17, 15) is 4.39 Å². The molecule has 1 aliphatic rings. The van der Waals surface area contributed by atoms with E-state index < -0.39 is 0 Å². The van der Waals surface area contributed by atoms with Gasteiger partial charge >= 0.3 is 0 Å². The van der Waals surface area contributed by atoms with E-state index >= 15 is 0 Å². The van der Waals surface area contributed by atoms with Crippen molar-refractivity contribution in [3.05, 3.63) is 53.1 Å². The molecule has 1 aliphatic carbocycles. The van der Waals surface area contributed by atoms with E-state index in [1.54, 1.807) is 12.3 Å². The molecule has 1 saturated carbocycles. The predicted molar refractivity (Wildman–Crippen MR) is 74.5 cm³/mol. The zero-order valence-electron chi connectivity index (χ0n) is 10.4. The fraction of sp³-hybridized carbons (Fsp3) is 0.267. The molecule has 1 aromatic heterocycles. The Labute approximate surface area is 116 Å². The van der Waals surface area contributed by atoms with Gasteiger partial charge in [0.05, 0.1) is 6.20 Å². The van der Waals surface area contributed by atoms with Crippen LogP contribution >= 0.6 is 11.6 Å². The van der Waals surface area contributed by atoms with Crippen LogP contribution in [0.25, 0.3) is 11.1 Å². The summed E-state index contributed by atoms with van der Waals surface area (Å²) < 4.78 is 13.7. The number of nitrogens with zero attached hydrogens (tertiary/aromatic N) is 1. The maximum absolute atomic E-state index is 13.7. The Morgan fingerprint density at radius 1 is 1.32 bits per heavy atom. The number of rotatable bonds is 4. The van der Waals surface area contributed by atoms with E-state index in [2.05, 4.69) is 10.3 Å². The van der Waals surface area contributed by atoms with Crippen molar-refractivity contribution in [2.45, 2.75) is 25.4 Å². The third-order valence-corrected chi connectivity index (χ3v) is 3.65. The van der Waals surface area contributed by atoms with Crippen molar-refractivity contribution in [1.29, 1.82) is 0 Å². The zero-order valence-corrected chi connectivity index (χ0v) is 11.1. The molecular weight excluding hydrogens is 263 g/mol. The average Bonchev–Trinajstić information content (AvgIpc) is 3.22. The van der Waals surface area contributed by atoms with Crippen LogP contribution in [-0.2, 0) is 6.54 Å². The maximum atomic E-state index is 13.7. The molecular formula is C15H14ClFN2. The van der Waals surface area contributed by atoms with Gasteiger partial charge in [-0.05, 0) is 36.1 Å². The summed E-state index contributed by atoms with van der Waals surface area (Å²) in [5, 5.41) is 4.08. The van der Waals surface area contributed by atoms with Crippen molar-refractivity contribution in [3.63, 3.8) is 0 Å². The van der Waals surface area contributed by atoms with E-state index in [-0.39, 0.29) is 5.82 Å². The van der Waals surface area contributed by atoms with Crippen LogP contribution < -0.4 is 5.32 Å². The van der Waals surface area contributed by atoms with Crippen molar-refractivity contribution in [2.75, 3.05) is 0 Å². The van der Waals surface area contributed by atoms with Crippen LogP contribution in [0.1, 0.15) is 18.4 Å². The van der Waals surface area contributed by atoms with Crippen molar-refractivity contribution < 1.29 is 4.39 Å². The van der Waals surface area contributed by atoms with Crippen LogP contribution in [0, 0.1) is 5.82 Å². The van der Waals surface area contributed by atoms with Gasteiger partial charge in [0.1, 0.15) is 5.82 Å². The van der Waals surface area contributed by atoms with E-state index in [1.807, 2.05) is 18.2 Å². The molecule has 2 nitrogen and oxygen atoms in total. The molecule has 1 aromatic carbocycles. The third kappa shape index (κ3) is 2.94. The minimum absolute atomic E-state index is 0.331. The molecule has 3 rings (SSSR count). The lowest BCUT2D eigenvalue weighted by atomic mass is 10.0. The second-order valence-corrected chi connectivity index (χ2v) is 5.22. The topological polar surface area (TPSA) is 24.9 Å². The minimum Gasteiger partial charge on any atom is -0.310 e. The first-order valence-electron chi connectivity index (χ1n) is 6.36. The molecule has 0 bridgehead atoms. The summed E-state index contributed by atoms with van der Waals surface area (Å²) in [6.07, 6.45) is 5.29. The van der Waals surface area contributed by atoms with Gasteiger partial charge in [-0.1, -0.05) is 23.7 Å². The highest BCUT2D eigenvalue weighted by atomic mass is 35.5. The van der Waals surface area contributed by atoms with Gasteiger partial charge in [-0.15, -0.1) is 0 Å². The van der Waals surface area contributed by atoms with Gasteiger partial charge in [0, 0.05) is 29.4 Å². The second kappa shape index (κ2) is 5.27. The Balaban J connectivity index is 1.84. The molecule has 0 radical (unpaired) electrons. The van der Waals surface area contributed by atoms with Crippen LogP contribution in [0.4, 0.5) is 4.39 Å². The average molecular weight is 277 g/mol. The second-order valence-electron chi connectivity index (χ2n) is 4.82. The van der Waals surface area contributed by atoms with Gasteiger partial charge in [0.25, 0.3) is 0 Å². The first kappa shape index (κ1) is 12.6. The number of aromatic nitrogens is 1. The first-order valence-corrected chi connectivity index (χ1v) is 6.73. The Bertz CT molecular complexity index is 596. The van der Waals surface area contributed by atoms with E-state index in [1.165, 1.54) is 19.0 Å². The van der Waals surface area contributed by atoms with Crippen LogP contribution in [0.2, 0.25) is 5.02 Å². The van der Waals surface area contributed by atoms with Crippen molar-refractivity contribution in [1.82, 2.24) is 10.3 Å². The van der Waals surface area contributed by atoms with E-state index in [0.717, 1.165) is 17.7 Å². The summed E-state index contributed by atoms with van der Waals surface area (Å²) in [5.74, 6) is -0.331. The molecule has 1 fully saturated rings. The largest absolute Gasteiger partial charge is 0.310 e. The van der Waals surface area contributed by atoms with Crippen molar-refractivity contribution in [3.8, 4) is 11.1 Å². The number of benzene rings is 1. The number of nitrogens with one attached hydrogen (secondary N) is 1. The van der Waals surface area contributed by atoms with Crippen LogP contribution in [0.3, 0.4) is 0 Å². The van der Waals surface area contributed by atoms with Gasteiger partial charge in [-0.2, -0.15) is 0 Å². The molecule has 4 heteroatoms. The Morgan fingerprint density at radius 3 is 2.84 bits per heavy atom. The Kier molecular flexibility index (Phi) is 3.49. The molecule has 19 heavy (non-hydrogen) atoms. The molecule has 0 unspecified atom stereocenters. The number of halogens is 2. The lowest BCUT2D eigenvalue weighted by Crippen LogP contribution is -2.15. The minimum atomic E-state index is -0.331.